The lowest BCUT2D eigenvalue weighted by Gasteiger charge is -2.14. The predicted octanol–water partition coefficient (Wildman–Crippen LogP) is 2.73. The first kappa shape index (κ1) is 15.3. The molecule has 0 aliphatic carbocycles. The Morgan fingerprint density at radius 2 is 2.00 bits per heavy atom. The summed E-state index contributed by atoms with van der Waals surface area (Å²) in [5.41, 5.74) is 2.06. The summed E-state index contributed by atoms with van der Waals surface area (Å²) in [4.78, 5) is 23.8. The number of carbonyl (C=O) groups excluding carboxylic acids is 1. The quantitative estimate of drug-likeness (QED) is 0.862. The fourth-order valence-corrected chi connectivity index (χ4v) is 2.70. The smallest absolute Gasteiger partial charge is 0.308 e. The van der Waals surface area contributed by atoms with Crippen LogP contribution in [0.15, 0.2) is 41.8 Å². The van der Waals surface area contributed by atoms with Gasteiger partial charge in [0.1, 0.15) is 0 Å². The zero-order valence-electron chi connectivity index (χ0n) is 11.7. The van der Waals surface area contributed by atoms with Crippen molar-refractivity contribution in [3.05, 3.63) is 57.8 Å². The Hall–Kier alpha value is -2.14. The van der Waals surface area contributed by atoms with Crippen molar-refractivity contribution in [2.75, 3.05) is 6.54 Å². The van der Waals surface area contributed by atoms with Gasteiger partial charge >= 0.3 is 5.97 Å². The summed E-state index contributed by atoms with van der Waals surface area (Å²) in [5, 5.41) is 13.8. The molecule has 1 amide bonds. The molecule has 0 radical (unpaired) electrons. The number of carboxylic acids is 1. The molecule has 21 heavy (non-hydrogen) atoms. The summed E-state index contributed by atoms with van der Waals surface area (Å²) in [6.45, 7) is 2.08. The maximum atomic E-state index is 11.9. The van der Waals surface area contributed by atoms with E-state index in [1.165, 1.54) is 11.3 Å². The monoisotopic (exact) mass is 303 g/mol. The zero-order chi connectivity index (χ0) is 15.2. The lowest BCUT2D eigenvalue weighted by Crippen LogP contribution is -2.33. The maximum absolute atomic E-state index is 11.9. The Labute approximate surface area is 127 Å². The van der Waals surface area contributed by atoms with Gasteiger partial charge in [0.2, 0.25) is 0 Å². The number of benzene rings is 1. The number of aryl methyl sites for hydroxylation is 1. The van der Waals surface area contributed by atoms with E-state index in [9.17, 15) is 14.7 Å². The van der Waals surface area contributed by atoms with Crippen LogP contribution in [0.25, 0.3) is 0 Å². The van der Waals surface area contributed by atoms with Crippen molar-refractivity contribution in [3.8, 4) is 0 Å². The Morgan fingerprint density at radius 1 is 1.24 bits per heavy atom. The molecule has 2 rings (SSSR count). The van der Waals surface area contributed by atoms with E-state index < -0.39 is 11.9 Å². The van der Waals surface area contributed by atoms with Gasteiger partial charge in [0, 0.05) is 6.54 Å². The topological polar surface area (TPSA) is 66.4 Å². The van der Waals surface area contributed by atoms with E-state index in [1.54, 1.807) is 12.1 Å². The van der Waals surface area contributed by atoms with Crippen LogP contribution in [0.3, 0.4) is 0 Å². The van der Waals surface area contributed by atoms with Crippen LogP contribution in [-0.2, 0) is 11.2 Å². The van der Waals surface area contributed by atoms with E-state index in [0.717, 1.165) is 11.1 Å². The van der Waals surface area contributed by atoms with Crippen molar-refractivity contribution in [1.29, 1.82) is 0 Å². The molecule has 0 aliphatic rings. The molecule has 1 heterocycles. The number of hydrogen-bond acceptors (Lipinski definition) is 3. The third-order valence-corrected chi connectivity index (χ3v) is 4.20. The normalized spacial score (nSPS) is 11.9. The van der Waals surface area contributed by atoms with Crippen LogP contribution in [0.5, 0.6) is 0 Å². The SMILES string of the molecule is Cc1ccccc1CC(CNC(=O)c1cccs1)C(=O)O. The van der Waals surface area contributed by atoms with Gasteiger partial charge in [-0.25, -0.2) is 0 Å². The molecule has 0 bridgehead atoms. The van der Waals surface area contributed by atoms with E-state index in [0.29, 0.717) is 11.3 Å². The van der Waals surface area contributed by atoms with Gasteiger partial charge in [0.05, 0.1) is 10.8 Å². The molecule has 1 atom stereocenters. The molecule has 0 saturated heterocycles. The van der Waals surface area contributed by atoms with Crippen molar-refractivity contribution in [1.82, 2.24) is 5.32 Å². The number of amides is 1. The van der Waals surface area contributed by atoms with Crippen LogP contribution in [0.2, 0.25) is 0 Å². The Morgan fingerprint density at radius 3 is 2.62 bits per heavy atom. The Kier molecular flexibility index (Phi) is 5.11. The summed E-state index contributed by atoms with van der Waals surface area (Å²) in [5.74, 6) is -1.75. The fourth-order valence-electron chi connectivity index (χ4n) is 2.06. The minimum absolute atomic E-state index is 0.125. The zero-order valence-corrected chi connectivity index (χ0v) is 12.5. The van der Waals surface area contributed by atoms with Gasteiger partial charge in [-0.05, 0) is 35.9 Å². The molecular formula is C16H17NO3S. The van der Waals surface area contributed by atoms with E-state index >= 15 is 0 Å². The number of thiophene rings is 1. The molecule has 0 fully saturated rings. The molecule has 110 valence electrons. The van der Waals surface area contributed by atoms with Crippen molar-refractivity contribution < 1.29 is 14.7 Å². The summed E-state index contributed by atoms with van der Waals surface area (Å²) in [7, 11) is 0. The van der Waals surface area contributed by atoms with Crippen LogP contribution in [0, 0.1) is 12.8 Å². The molecule has 4 nitrogen and oxygen atoms in total. The molecule has 5 heteroatoms. The molecule has 0 aliphatic heterocycles. The molecule has 0 saturated carbocycles. The molecular weight excluding hydrogens is 286 g/mol. The van der Waals surface area contributed by atoms with Gasteiger partial charge in [-0.1, -0.05) is 30.3 Å². The number of carboxylic acid groups (broad SMARTS) is 1. The second-order valence-corrected chi connectivity index (χ2v) is 5.80. The van der Waals surface area contributed by atoms with Crippen molar-refractivity contribution in [2.24, 2.45) is 5.92 Å². The van der Waals surface area contributed by atoms with E-state index in [4.69, 9.17) is 0 Å². The van der Waals surface area contributed by atoms with E-state index in [1.807, 2.05) is 36.6 Å². The predicted molar refractivity (Wildman–Crippen MR) is 82.7 cm³/mol. The van der Waals surface area contributed by atoms with Crippen LogP contribution in [-0.4, -0.2) is 23.5 Å². The second-order valence-electron chi connectivity index (χ2n) is 4.85. The average molecular weight is 303 g/mol. The highest BCUT2D eigenvalue weighted by Gasteiger charge is 2.20. The van der Waals surface area contributed by atoms with Crippen molar-refractivity contribution in [3.63, 3.8) is 0 Å². The number of hydrogen-bond donors (Lipinski definition) is 2. The Balaban J connectivity index is 1.98. The van der Waals surface area contributed by atoms with Crippen molar-refractivity contribution in [2.45, 2.75) is 13.3 Å². The first-order chi connectivity index (χ1) is 10.1. The summed E-state index contributed by atoms with van der Waals surface area (Å²) in [6.07, 6.45) is 0.409. The largest absolute Gasteiger partial charge is 0.481 e. The van der Waals surface area contributed by atoms with E-state index in [-0.39, 0.29) is 12.5 Å². The lowest BCUT2D eigenvalue weighted by molar-refractivity contribution is -0.141. The molecule has 1 unspecified atom stereocenters. The van der Waals surface area contributed by atoms with Crippen molar-refractivity contribution >= 4 is 23.2 Å². The van der Waals surface area contributed by atoms with Gasteiger partial charge in [0.25, 0.3) is 5.91 Å². The number of nitrogens with one attached hydrogen (secondary N) is 1. The van der Waals surface area contributed by atoms with Crippen LogP contribution < -0.4 is 5.32 Å². The Bertz CT molecular complexity index is 622. The van der Waals surface area contributed by atoms with Gasteiger partial charge in [0.15, 0.2) is 0 Å². The lowest BCUT2D eigenvalue weighted by atomic mass is 9.96. The standard InChI is InChI=1S/C16H17NO3S/c1-11-5-2-3-6-12(11)9-13(16(19)20)10-17-15(18)14-7-4-8-21-14/h2-8,13H,9-10H2,1H3,(H,17,18)(H,19,20). The minimum atomic E-state index is -0.898. The molecule has 2 N–H and O–H groups in total. The second kappa shape index (κ2) is 7.04. The van der Waals surface area contributed by atoms with Gasteiger partial charge in [-0.2, -0.15) is 0 Å². The molecule has 1 aromatic carbocycles. The third kappa shape index (κ3) is 4.16. The van der Waals surface area contributed by atoms with Crippen LogP contribution in [0.1, 0.15) is 20.8 Å². The van der Waals surface area contributed by atoms with Gasteiger partial charge < -0.3 is 10.4 Å². The highest BCUT2D eigenvalue weighted by Crippen LogP contribution is 2.14. The first-order valence-electron chi connectivity index (χ1n) is 6.67. The highest BCUT2D eigenvalue weighted by atomic mass is 32.1. The van der Waals surface area contributed by atoms with Crippen LogP contribution >= 0.6 is 11.3 Å². The highest BCUT2D eigenvalue weighted by molar-refractivity contribution is 7.12. The average Bonchev–Trinajstić information content (AvgIpc) is 2.99. The summed E-state index contributed by atoms with van der Waals surface area (Å²) < 4.78 is 0. The van der Waals surface area contributed by atoms with E-state index in [2.05, 4.69) is 5.32 Å². The number of carbonyl (C=O) groups is 2. The number of rotatable bonds is 6. The first-order valence-corrected chi connectivity index (χ1v) is 7.55. The molecule has 0 spiro atoms. The van der Waals surface area contributed by atoms with Gasteiger partial charge in [-0.15, -0.1) is 11.3 Å². The summed E-state index contributed by atoms with van der Waals surface area (Å²) in [6, 6.07) is 11.2. The maximum Gasteiger partial charge on any atom is 0.308 e. The number of aliphatic carboxylic acids is 1. The molecule has 2 aromatic rings. The summed E-state index contributed by atoms with van der Waals surface area (Å²) >= 11 is 1.34. The van der Waals surface area contributed by atoms with Crippen LogP contribution in [0.4, 0.5) is 0 Å². The fraction of sp³-hybridized carbons (Fsp3) is 0.250. The van der Waals surface area contributed by atoms with Gasteiger partial charge in [-0.3, -0.25) is 9.59 Å². The minimum Gasteiger partial charge on any atom is -0.481 e. The molecule has 1 aromatic heterocycles. The third-order valence-electron chi connectivity index (χ3n) is 3.33.